The molecule has 1 aromatic rings. The molecule has 16 heavy (non-hydrogen) atoms. The van der Waals surface area contributed by atoms with Crippen LogP contribution in [0.1, 0.15) is 18.4 Å². The van der Waals surface area contributed by atoms with E-state index in [1.807, 2.05) is 0 Å². The summed E-state index contributed by atoms with van der Waals surface area (Å²) in [6.45, 7) is 0.821. The van der Waals surface area contributed by atoms with E-state index in [9.17, 15) is 13.6 Å². The second kappa shape index (κ2) is 4.70. The van der Waals surface area contributed by atoms with Gasteiger partial charge in [-0.05, 0) is 31.0 Å². The number of nitrogens with one attached hydrogen (secondary N) is 1. The Balaban J connectivity index is 2.08. The Hall–Kier alpha value is -1.29. The molecule has 0 bridgehead atoms. The Kier molecular flexibility index (Phi) is 3.29. The second-order valence-corrected chi connectivity index (χ2v) is 4.00. The lowest BCUT2D eigenvalue weighted by Gasteiger charge is -2.09. The van der Waals surface area contributed by atoms with Gasteiger partial charge in [0.2, 0.25) is 0 Å². The van der Waals surface area contributed by atoms with Crippen molar-refractivity contribution in [3.63, 3.8) is 0 Å². The number of hydrogen-bond acceptors (Lipinski definition) is 2. The number of rotatable bonds is 3. The Morgan fingerprint density at radius 3 is 2.94 bits per heavy atom. The average Bonchev–Trinajstić information content (AvgIpc) is 2.78. The van der Waals surface area contributed by atoms with Crippen LogP contribution in [0.3, 0.4) is 0 Å². The monoisotopic (exact) mass is 225 g/mol. The molecule has 0 aromatic heterocycles. The molecular weight excluding hydrogens is 212 g/mol. The van der Waals surface area contributed by atoms with Crippen molar-refractivity contribution in [2.75, 3.05) is 6.54 Å². The minimum absolute atomic E-state index is 0.0404. The van der Waals surface area contributed by atoms with Gasteiger partial charge in [0.25, 0.3) is 0 Å². The van der Waals surface area contributed by atoms with Gasteiger partial charge in [0.1, 0.15) is 0 Å². The molecule has 1 saturated heterocycles. The van der Waals surface area contributed by atoms with Gasteiger partial charge in [-0.1, -0.05) is 12.1 Å². The van der Waals surface area contributed by atoms with E-state index in [1.165, 1.54) is 12.1 Å². The zero-order valence-corrected chi connectivity index (χ0v) is 8.80. The van der Waals surface area contributed by atoms with Crippen molar-refractivity contribution in [3.8, 4) is 0 Å². The molecule has 1 unspecified atom stereocenters. The first kappa shape index (κ1) is 11.2. The number of ketones is 1. The molecule has 1 heterocycles. The third-order valence-corrected chi connectivity index (χ3v) is 2.85. The van der Waals surface area contributed by atoms with Crippen LogP contribution in [0.2, 0.25) is 0 Å². The molecule has 4 heteroatoms. The predicted octanol–water partition coefficient (Wildman–Crippen LogP) is 1.83. The highest BCUT2D eigenvalue weighted by molar-refractivity contribution is 5.86. The number of halogens is 2. The molecule has 0 saturated carbocycles. The lowest BCUT2D eigenvalue weighted by molar-refractivity contribution is -0.120. The molecule has 2 rings (SSSR count). The van der Waals surface area contributed by atoms with Crippen molar-refractivity contribution in [3.05, 3.63) is 35.4 Å². The first-order chi connectivity index (χ1) is 7.68. The molecule has 1 atom stereocenters. The molecule has 1 aliphatic rings. The standard InChI is InChI=1S/C12H13F2NO/c13-9-4-1-3-8(12(9)14)7-11(16)10-5-2-6-15-10/h1,3-4,10,15H,2,5-7H2. The largest absolute Gasteiger partial charge is 0.307 e. The molecular formula is C12H13F2NO. The minimum atomic E-state index is -0.908. The van der Waals surface area contributed by atoms with E-state index < -0.39 is 11.6 Å². The summed E-state index contributed by atoms with van der Waals surface area (Å²) >= 11 is 0. The van der Waals surface area contributed by atoms with Crippen LogP contribution in [0.5, 0.6) is 0 Å². The highest BCUT2D eigenvalue weighted by Gasteiger charge is 2.23. The molecule has 86 valence electrons. The maximum atomic E-state index is 13.3. The lowest BCUT2D eigenvalue weighted by atomic mass is 10.0. The highest BCUT2D eigenvalue weighted by atomic mass is 19.2. The number of hydrogen-bond donors (Lipinski definition) is 1. The molecule has 2 nitrogen and oxygen atoms in total. The molecule has 0 amide bonds. The summed E-state index contributed by atoms with van der Waals surface area (Å²) in [5.41, 5.74) is 0.138. The van der Waals surface area contributed by atoms with Crippen LogP contribution in [0, 0.1) is 11.6 Å². The van der Waals surface area contributed by atoms with Crippen molar-refractivity contribution >= 4 is 5.78 Å². The normalized spacial score (nSPS) is 20.0. The quantitative estimate of drug-likeness (QED) is 0.850. The van der Waals surface area contributed by atoms with Crippen molar-refractivity contribution in [1.29, 1.82) is 0 Å². The van der Waals surface area contributed by atoms with Gasteiger partial charge >= 0.3 is 0 Å². The van der Waals surface area contributed by atoms with Crippen LogP contribution in [0.4, 0.5) is 8.78 Å². The Labute approximate surface area is 92.7 Å². The maximum Gasteiger partial charge on any atom is 0.162 e. The third-order valence-electron chi connectivity index (χ3n) is 2.85. The van der Waals surface area contributed by atoms with Gasteiger partial charge in [-0.2, -0.15) is 0 Å². The van der Waals surface area contributed by atoms with Crippen LogP contribution in [0.25, 0.3) is 0 Å². The van der Waals surface area contributed by atoms with Crippen LogP contribution in [-0.2, 0) is 11.2 Å². The summed E-state index contributed by atoms with van der Waals surface area (Å²) in [6.07, 6.45) is 1.71. The van der Waals surface area contributed by atoms with E-state index in [4.69, 9.17) is 0 Å². The number of Topliss-reactive ketones (excluding diaryl/α,β-unsaturated/α-hetero) is 1. The zero-order chi connectivity index (χ0) is 11.5. The Morgan fingerprint density at radius 2 is 2.25 bits per heavy atom. The smallest absolute Gasteiger partial charge is 0.162 e. The van der Waals surface area contributed by atoms with Gasteiger partial charge in [-0.15, -0.1) is 0 Å². The first-order valence-electron chi connectivity index (χ1n) is 5.37. The summed E-state index contributed by atoms with van der Waals surface area (Å²) in [5.74, 6) is -1.87. The van der Waals surface area contributed by atoms with E-state index in [1.54, 1.807) is 0 Å². The van der Waals surface area contributed by atoms with Gasteiger partial charge in [0.05, 0.1) is 6.04 Å². The van der Waals surface area contributed by atoms with Crippen LogP contribution in [0.15, 0.2) is 18.2 Å². The number of benzene rings is 1. The fourth-order valence-electron chi connectivity index (χ4n) is 1.96. The van der Waals surface area contributed by atoms with Crippen molar-refractivity contribution in [2.24, 2.45) is 0 Å². The molecule has 1 aromatic carbocycles. The summed E-state index contributed by atoms with van der Waals surface area (Å²) < 4.78 is 26.2. The van der Waals surface area contributed by atoms with Crippen molar-refractivity contribution in [2.45, 2.75) is 25.3 Å². The number of carbonyl (C=O) groups excluding carboxylic acids is 1. The predicted molar refractivity (Wildman–Crippen MR) is 56.1 cm³/mol. The maximum absolute atomic E-state index is 13.3. The van der Waals surface area contributed by atoms with Gasteiger partial charge in [-0.3, -0.25) is 4.79 Å². The van der Waals surface area contributed by atoms with Gasteiger partial charge in [0, 0.05) is 6.42 Å². The Morgan fingerprint density at radius 1 is 1.44 bits per heavy atom. The topological polar surface area (TPSA) is 29.1 Å². The summed E-state index contributed by atoms with van der Waals surface area (Å²) in [6, 6.07) is 3.73. The van der Waals surface area contributed by atoms with Crippen LogP contribution in [-0.4, -0.2) is 18.4 Å². The molecule has 1 N–H and O–H groups in total. The molecule has 0 radical (unpaired) electrons. The summed E-state index contributed by atoms with van der Waals surface area (Å²) in [5, 5.41) is 3.04. The molecule has 0 spiro atoms. The van der Waals surface area contributed by atoms with Crippen molar-refractivity contribution < 1.29 is 13.6 Å². The van der Waals surface area contributed by atoms with Gasteiger partial charge in [-0.25, -0.2) is 8.78 Å². The van der Waals surface area contributed by atoms with Gasteiger partial charge < -0.3 is 5.32 Å². The highest BCUT2D eigenvalue weighted by Crippen LogP contribution is 2.15. The third kappa shape index (κ3) is 2.27. The number of carbonyl (C=O) groups is 1. The molecule has 1 aliphatic heterocycles. The van der Waals surface area contributed by atoms with Crippen molar-refractivity contribution in [1.82, 2.24) is 5.32 Å². The van der Waals surface area contributed by atoms with E-state index in [0.717, 1.165) is 25.5 Å². The summed E-state index contributed by atoms with van der Waals surface area (Å²) in [4.78, 5) is 11.7. The molecule has 1 fully saturated rings. The fraction of sp³-hybridized carbons (Fsp3) is 0.417. The Bertz CT molecular complexity index is 400. The zero-order valence-electron chi connectivity index (χ0n) is 8.80. The van der Waals surface area contributed by atoms with E-state index in [-0.39, 0.29) is 23.8 Å². The van der Waals surface area contributed by atoms with E-state index in [2.05, 4.69) is 5.32 Å². The summed E-state index contributed by atoms with van der Waals surface area (Å²) in [7, 11) is 0. The SMILES string of the molecule is O=C(Cc1cccc(F)c1F)C1CCCN1. The van der Waals surface area contributed by atoms with Crippen LogP contribution >= 0.6 is 0 Å². The van der Waals surface area contributed by atoms with E-state index >= 15 is 0 Å². The minimum Gasteiger partial charge on any atom is -0.307 e. The van der Waals surface area contributed by atoms with E-state index in [0.29, 0.717) is 0 Å². The lowest BCUT2D eigenvalue weighted by Crippen LogP contribution is -2.32. The fourth-order valence-corrected chi connectivity index (χ4v) is 1.96. The van der Waals surface area contributed by atoms with Gasteiger partial charge in [0.15, 0.2) is 17.4 Å². The van der Waals surface area contributed by atoms with Crippen LogP contribution < -0.4 is 5.32 Å². The first-order valence-corrected chi connectivity index (χ1v) is 5.37. The average molecular weight is 225 g/mol. The second-order valence-electron chi connectivity index (χ2n) is 4.00. The molecule has 0 aliphatic carbocycles.